The number of rotatable bonds is 3. The maximum atomic E-state index is 11.8. The molecule has 2 aliphatic heterocycles. The standard InChI is InChI=1S/C20H20ClNO3/c1-20(2)11-24-17-7-6-12(8-15(17)20)9-16-18(25-19(23)22-16)13-4-3-5-14(21)10-13/h3-8,10,16,18H,9,11H2,1-2H3,(H,22,23). The van der Waals surface area contributed by atoms with E-state index in [9.17, 15) is 4.79 Å². The minimum atomic E-state index is -0.389. The van der Waals surface area contributed by atoms with Crippen LogP contribution < -0.4 is 10.1 Å². The molecule has 2 unspecified atom stereocenters. The van der Waals surface area contributed by atoms with Crippen LogP contribution in [0.4, 0.5) is 4.79 Å². The van der Waals surface area contributed by atoms with Crippen LogP contribution in [0.3, 0.4) is 0 Å². The van der Waals surface area contributed by atoms with Crippen LogP contribution in [-0.2, 0) is 16.6 Å². The van der Waals surface area contributed by atoms with Crippen molar-refractivity contribution in [2.24, 2.45) is 0 Å². The Balaban J connectivity index is 1.60. The van der Waals surface area contributed by atoms with Crippen LogP contribution in [0, 0.1) is 0 Å². The highest BCUT2D eigenvalue weighted by molar-refractivity contribution is 6.30. The summed E-state index contributed by atoms with van der Waals surface area (Å²) >= 11 is 6.09. The Bertz CT molecular complexity index is 833. The Hall–Kier alpha value is -2.20. The molecule has 2 aromatic rings. The van der Waals surface area contributed by atoms with Gasteiger partial charge in [-0.2, -0.15) is 0 Å². The van der Waals surface area contributed by atoms with Crippen molar-refractivity contribution in [2.45, 2.75) is 37.8 Å². The lowest BCUT2D eigenvalue weighted by Gasteiger charge is -2.19. The van der Waals surface area contributed by atoms with E-state index in [4.69, 9.17) is 21.1 Å². The molecule has 5 heteroatoms. The molecule has 2 aromatic carbocycles. The van der Waals surface area contributed by atoms with Gasteiger partial charge in [0.05, 0.1) is 12.6 Å². The summed E-state index contributed by atoms with van der Waals surface area (Å²) in [6.07, 6.45) is -0.0461. The lowest BCUT2D eigenvalue weighted by atomic mass is 9.85. The summed E-state index contributed by atoms with van der Waals surface area (Å²) in [5.74, 6) is 0.951. The first-order chi connectivity index (χ1) is 11.9. The second-order valence-electron chi connectivity index (χ2n) is 7.34. The summed E-state index contributed by atoms with van der Waals surface area (Å²) in [5.41, 5.74) is 3.28. The molecular formula is C20H20ClNO3. The number of alkyl carbamates (subject to hydrolysis) is 1. The molecule has 0 radical (unpaired) electrons. The van der Waals surface area contributed by atoms with E-state index in [1.54, 1.807) is 0 Å². The number of carbonyl (C=O) groups excluding carboxylic acids is 1. The minimum Gasteiger partial charge on any atom is -0.492 e. The molecule has 2 atom stereocenters. The van der Waals surface area contributed by atoms with Gasteiger partial charge in [0.1, 0.15) is 11.9 Å². The second kappa shape index (κ2) is 5.95. The maximum absolute atomic E-state index is 11.8. The van der Waals surface area contributed by atoms with Crippen molar-refractivity contribution in [1.82, 2.24) is 5.32 Å². The van der Waals surface area contributed by atoms with Gasteiger partial charge < -0.3 is 14.8 Å². The van der Waals surface area contributed by atoms with Gasteiger partial charge in [-0.15, -0.1) is 0 Å². The highest BCUT2D eigenvalue weighted by Crippen LogP contribution is 2.39. The zero-order valence-electron chi connectivity index (χ0n) is 14.2. The Morgan fingerprint density at radius 1 is 1.24 bits per heavy atom. The van der Waals surface area contributed by atoms with Crippen LogP contribution >= 0.6 is 11.6 Å². The Morgan fingerprint density at radius 2 is 2.08 bits per heavy atom. The SMILES string of the molecule is CC1(C)COc2ccc(CC3NC(=O)OC3c3cccc(Cl)c3)cc21. The molecule has 0 saturated carbocycles. The van der Waals surface area contributed by atoms with Crippen molar-refractivity contribution in [1.29, 1.82) is 0 Å². The molecule has 0 aliphatic carbocycles. The van der Waals surface area contributed by atoms with Crippen LogP contribution in [0.1, 0.15) is 36.6 Å². The first-order valence-corrected chi connectivity index (χ1v) is 8.79. The van der Waals surface area contributed by atoms with Crippen LogP contribution in [0.25, 0.3) is 0 Å². The molecule has 1 fully saturated rings. The number of ether oxygens (including phenoxy) is 2. The molecule has 130 valence electrons. The number of hydrogen-bond donors (Lipinski definition) is 1. The highest BCUT2D eigenvalue weighted by atomic mass is 35.5. The van der Waals surface area contributed by atoms with Crippen molar-refractivity contribution in [3.05, 3.63) is 64.2 Å². The topological polar surface area (TPSA) is 47.6 Å². The van der Waals surface area contributed by atoms with Crippen molar-refractivity contribution in [3.8, 4) is 5.75 Å². The molecule has 2 heterocycles. The predicted octanol–water partition coefficient (Wildman–Crippen LogP) is 4.40. The lowest BCUT2D eigenvalue weighted by Crippen LogP contribution is -2.30. The second-order valence-corrected chi connectivity index (χ2v) is 7.78. The van der Waals surface area contributed by atoms with E-state index in [1.165, 1.54) is 5.56 Å². The van der Waals surface area contributed by atoms with E-state index in [0.29, 0.717) is 18.1 Å². The molecule has 0 spiro atoms. The van der Waals surface area contributed by atoms with E-state index in [2.05, 4.69) is 31.3 Å². The first kappa shape index (κ1) is 16.3. The van der Waals surface area contributed by atoms with Gasteiger partial charge in [-0.05, 0) is 35.7 Å². The van der Waals surface area contributed by atoms with Crippen LogP contribution in [0.15, 0.2) is 42.5 Å². The third kappa shape index (κ3) is 3.07. The molecular weight excluding hydrogens is 338 g/mol. The van der Waals surface area contributed by atoms with Crippen LogP contribution in [0.2, 0.25) is 5.02 Å². The summed E-state index contributed by atoms with van der Waals surface area (Å²) in [6.45, 7) is 5.05. The largest absolute Gasteiger partial charge is 0.492 e. The number of benzene rings is 2. The number of fused-ring (bicyclic) bond motifs is 1. The average molecular weight is 358 g/mol. The van der Waals surface area contributed by atoms with Gasteiger partial charge in [0.25, 0.3) is 0 Å². The molecule has 1 amide bonds. The third-order valence-corrected chi connectivity index (χ3v) is 5.13. The summed E-state index contributed by atoms with van der Waals surface area (Å²) in [5, 5.41) is 3.56. The van der Waals surface area contributed by atoms with Gasteiger partial charge in [-0.1, -0.05) is 49.7 Å². The summed E-state index contributed by atoms with van der Waals surface area (Å²) < 4.78 is 11.2. The zero-order valence-corrected chi connectivity index (χ0v) is 15.0. The van der Waals surface area contributed by atoms with Gasteiger partial charge >= 0.3 is 6.09 Å². The fourth-order valence-corrected chi connectivity index (χ4v) is 3.75. The highest BCUT2D eigenvalue weighted by Gasteiger charge is 2.36. The third-order valence-electron chi connectivity index (χ3n) is 4.90. The van der Waals surface area contributed by atoms with Crippen molar-refractivity contribution in [2.75, 3.05) is 6.61 Å². The lowest BCUT2D eigenvalue weighted by molar-refractivity contribution is 0.132. The number of hydrogen-bond acceptors (Lipinski definition) is 3. The van der Waals surface area contributed by atoms with Gasteiger partial charge in [-0.25, -0.2) is 4.79 Å². The fourth-order valence-electron chi connectivity index (χ4n) is 3.55. The van der Waals surface area contributed by atoms with E-state index in [-0.39, 0.29) is 23.7 Å². The Labute approximate surface area is 152 Å². The van der Waals surface area contributed by atoms with Gasteiger partial charge in [0, 0.05) is 16.0 Å². The normalized spacial score (nSPS) is 23.6. The number of halogens is 1. The van der Waals surface area contributed by atoms with Gasteiger partial charge in [0.2, 0.25) is 0 Å². The molecule has 1 saturated heterocycles. The molecule has 2 aliphatic rings. The van der Waals surface area contributed by atoms with Gasteiger partial charge in [-0.3, -0.25) is 0 Å². The fraction of sp³-hybridized carbons (Fsp3) is 0.350. The van der Waals surface area contributed by atoms with Crippen molar-refractivity contribution in [3.63, 3.8) is 0 Å². The van der Waals surface area contributed by atoms with E-state index < -0.39 is 0 Å². The molecule has 0 aromatic heterocycles. The number of cyclic esters (lactones) is 1. The molecule has 1 N–H and O–H groups in total. The van der Waals surface area contributed by atoms with E-state index >= 15 is 0 Å². The zero-order chi connectivity index (χ0) is 17.6. The summed E-state index contributed by atoms with van der Waals surface area (Å²) in [4.78, 5) is 11.8. The predicted molar refractivity (Wildman–Crippen MR) is 96.3 cm³/mol. The van der Waals surface area contributed by atoms with Crippen molar-refractivity contribution < 1.29 is 14.3 Å². The molecule has 4 rings (SSSR count). The summed E-state index contributed by atoms with van der Waals surface area (Å²) in [6, 6.07) is 13.6. The molecule has 25 heavy (non-hydrogen) atoms. The smallest absolute Gasteiger partial charge is 0.408 e. The molecule has 0 bridgehead atoms. The monoisotopic (exact) mass is 357 g/mol. The van der Waals surface area contributed by atoms with Gasteiger partial charge in [0.15, 0.2) is 0 Å². The summed E-state index contributed by atoms with van der Waals surface area (Å²) in [7, 11) is 0. The van der Waals surface area contributed by atoms with E-state index in [1.807, 2.05) is 30.3 Å². The van der Waals surface area contributed by atoms with Crippen LogP contribution in [0.5, 0.6) is 5.75 Å². The Kier molecular flexibility index (Phi) is 3.88. The average Bonchev–Trinajstić information content (AvgIpc) is 3.08. The maximum Gasteiger partial charge on any atom is 0.408 e. The quantitative estimate of drug-likeness (QED) is 0.885. The first-order valence-electron chi connectivity index (χ1n) is 8.41. The number of nitrogens with one attached hydrogen (secondary N) is 1. The van der Waals surface area contributed by atoms with Crippen molar-refractivity contribution >= 4 is 17.7 Å². The molecule has 4 nitrogen and oxygen atoms in total. The number of carbonyl (C=O) groups is 1. The van der Waals surface area contributed by atoms with E-state index in [0.717, 1.165) is 16.9 Å². The number of amides is 1. The van der Waals surface area contributed by atoms with Crippen LogP contribution in [-0.4, -0.2) is 18.7 Å². The Morgan fingerprint density at radius 3 is 2.88 bits per heavy atom. The minimum absolute atomic E-state index is 0.00707.